The van der Waals surface area contributed by atoms with Gasteiger partial charge in [0.25, 0.3) is 0 Å². The van der Waals surface area contributed by atoms with E-state index in [1.54, 1.807) is 0 Å². The van der Waals surface area contributed by atoms with Gasteiger partial charge in [0, 0.05) is 70.6 Å². The van der Waals surface area contributed by atoms with Crippen molar-refractivity contribution in [3.05, 3.63) is 273 Å². The summed E-state index contributed by atoms with van der Waals surface area (Å²) in [7, 11) is 0. The van der Waals surface area contributed by atoms with Gasteiger partial charge in [0.05, 0.1) is 30.4 Å². The van der Waals surface area contributed by atoms with Crippen LogP contribution in [0.15, 0.2) is 221 Å². The summed E-state index contributed by atoms with van der Waals surface area (Å²) in [6, 6.07) is 71.4. The Bertz CT molecular complexity index is 5630. The molecule has 141 heavy (non-hydrogen) atoms. The van der Waals surface area contributed by atoms with E-state index in [1.165, 1.54) is 139 Å². The molecular weight excluding hydrogens is 1770 g/mol. The second-order valence-electron chi connectivity index (χ2n) is 45.6. The average Bonchev–Trinajstić information content (AvgIpc) is 1.64. The van der Waals surface area contributed by atoms with Crippen molar-refractivity contribution in [3.63, 3.8) is 0 Å². The first-order valence-electron chi connectivity index (χ1n) is 54.4. The number of H-pyrrole nitrogens is 1. The van der Waals surface area contributed by atoms with Crippen LogP contribution in [0.2, 0.25) is 0 Å². The van der Waals surface area contributed by atoms with Crippen LogP contribution in [-0.2, 0) is 77.2 Å². The Balaban J connectivity index is 0.000000277. The second-order valence-corrected chi connectivity index (χ2v) is 49.0. The molecule has 0 amide bonds. The first kappa shape index (κ1) is 122. The SMILES string of the molecule is CC(C)Cc1c[nH]c2ccccc12.CC(C)Cc1cc2ccccc2s1.CC(C)Cc1ccc2ccccc2c1.CC(C)Cc1ccc2nc(CC(C)C)sc2c1.CC(C)Cc1ccc2nc(CC(C)C)sc2c1.CC(C)Cc1ccc2oc(CC(C)C)nc2c1.CC(C)Cc1nc2cccc(CC(C)C)c2o1.CC(C)Cn1ccc2ccccc21.CCC(C)C.CCC(C)C.CCC(C)C.CCC(C)C. The zero-order chi connectivity index (χ0) is 105. The lowest BCUT2D eigenvalue weighted by molar-refractivity contribution is 0.479. The Labute approximate surface area is 870 Å². The van der Waals surface area contributed by atoms with Crippen molar-refractivity contribution in [2.45, 2.75) is 352 Å². The predicted octanol–water partition coefficient (Wildman–Crippen LogP) is 40.8. The molecule has 772 valence electrons. The first-order chi connectivity index (χ1) is 66.8. The number of aromatic amines is 1. The van der Waals surface area contributed by atoms with E-state index in [4.69, 9.17) is 18.8 Å². The molecule has 1 N–H and O–H groups in total. The van der Waals surface area contributed by atoms with Crippen LogP contribution in [0.3, 0.4) is 0 Å². The maximum atomic E-state index is 5.90. The van der Waals surface area contributed by atoms with E-state index in [0.29, 0.717) is 41.4 Å². The molecule has 7 aromatic heterocycles. The summed E-state index contributed by atoms with van der Waals surface area (Å²) >= 11 is 5.64. The monoisotopic (exact) mass is 1970 g/mol. The van der Waals surface area contributed by atoms with Gasteiger partial charge in [-0.1, -0.05) is 402 Å². The third kappa shape index (κ3) is 49.0. The Hall–Kier alpha value is -9.00. The van der Waals surface area contributed by atoms with E-state index in [9.17, 15) is 0 Å². The molecule has 0 aliphatic rings. The summed E-state index contributed by atoms with van der Waals surface area (Å²) < 4.78 is 18.1. The molecule has 0 aliphatic heterocycles. The first-order valence-corrected chi connectivity index (χ1v) is 56.8. The zero-order valence-electron chi connectivity index (χ0n) is 95.0. The number of aromatic nitrogens is 6. The lowest BCUT2D eigenvalue weighted by Crippen LogP contribution is -2.02. The maximum absolute atomic E-state index is 5.90. The van der Waals surface area contributed by atoms with Crippen molar-refractivity contribution in [1.29, 1.82) is 0 Å². The highest BCUT2D eigenvalue weighted by Gasteiger charge is 2.16. The molecule has 0 unspecified atom stereocenters. The smallest absolute Gasteiger partial charge is 0.195 e. The van der Waals surface area contributed by atoms with Gasteiger partial charge in [0.2, 0.25) is 0 Å². The maximum Gasteiger partial charge on any atom is 0.195 e. The van der Waals surface area contributed by atoms with Crippen molar-refractivity contribution in [2.75, 3.05) is 0 Å². The van der Waals surface area contributed by atoms with Crippen molar-refractivity contribution in [1.82, 2.24) is 29.5 Å². The Kier molecular flexibility index (Phi) is 56.8. The van der Waals surface area contributed by atoms with Gasteiger partial charge in [0.15, 0.2) is 22.9 Å². The van der Waals surface area contributed by atoms with Crippen LogP contribution in [-0.4, -0.2) is 29.5 Å². The van der Waals surface area contributed by atoms with Crippen LogP contribution in [0.4, 0.5) is 0 Å². The molecule has 9 aromatic carbocycles. The van der Waals surface area contributed by atoms with Crippen LogP contribution >= 0.6 is 34.0 Å². The van der Waals surface area contributed by atoms with E-state index in [2.05, 4.69) is 469 Å². The largest absolute Gasteiger partial charge is 0.441 e. The number of para-hydroxylation sites is 3. The van der Waals surface area contributed by atoms with Gasteiger partial charge in [-0.3, -0.25) is 0 Å². The highest BCUT2D eigenvalue weighted by molar-refractivity contribution is 7.19. The topological polar surface area (TPSA) is 98.6 Å². The molecule has 0 saturated heterocycles. The summed E-state index contributed by atoms with van der Waals surface area (Å²) in [5, 5.41) is 9.33. The van der Waals surface area contributed by atoms with Crippen molar-refractivity contribution >= 4 is 119 Å². The van der Waals surface area contributed by atoms with Gasteiger partial charge in [0.1, 0.15) is 11.0 Å². The van der Waals surface area contributed by atoms with E-state index in [0.717, 1.165) is 163 Å². The van der Waals surface area contributed by atoms with Gasteiger partial charge in [-0.25, -0.2) is 19.9 Å². The number of thiazole rings is 2. The number of nitrogens with one attached hydrogen (secondary N) is 1. The number of nitrogens with zero attached hydrogens (tertiary/aromatic N) is 5. The van der Waals surface area contributed by atoms with Gasteiger partial charge in [-0.05, 0) is 267 Å². The number of thiophene rings is 1. The summed E-state index contributed by atoms with van der Waals surface area (Å²) in [6.07, 6.45) is 21.5. The molecule has 0 spiro atoms. The van der Waals surface area contributed by atoms with Crippen LogP contribution < -0.4 is 0 Å². The lowest BCUT2D eigenvalue weighted by atomic mass is 10.00. The van der Waals surface area contributed by atoms with Crippen LogP contribution in [0.25, 0.3) is 85.3 Å². The Morgan fingerprint density at radius 2 is 0.681 bits per heavy atom. The molecule has 0 radical (unpaired) electrons. The fourth-order valence-electron chi connectivity index (χ4n) is 15.1. The van der Waals surface area contributed by atoms with Gasteiger partial charge >= 0.3 is 0 Å². The third-order valence-electron chi connectivity index (χ3n) is 23.3. The average molecular weight is 1970 g/mol. The number of fused-ring (bicyclic) bond motifs is 8. The van der Waals surface area contributed by atoms with Gasteiger partial charge < -0.3 is 18.4 Å². The molecule has 16 rings (SSSR count). The standard InChI is InChI=1S/2C15H21NO.2C15H21NS.C14H16.2C12H15N.C12H14S.4C5H12/c1-10(2)7-12-5-6-14-13(9-12)16-15(17-14)8-11(3)4;1-10(2)8-12-6-5-7-13-15(12)17-14(16-13)9-11(3)4;2*1-10(2)7-12-5-6-13-14(9-12)17-15(16-13)8-11(3)4;1-11(2)9-12-7-8-13-5-3-4-6-14(13)10-12;1-9(2)7-10-8-13-12-6-4-3-5-11(10)12;1-10(2)9-13-8-7-11-5-3-4-6-12(11)13;1-9(2)7-11-8-10-5-3-4-6-12(10)13-11;4*1-4-5(2)3/h5-6,9-11H,7-8H2,1-4H3;5-7,10-11H,8-9H2,1-4H3;2*5-6,9-11H,7-8H2,1-4H3;3-8,10-11H,9H2,1-2H3;3-6,8-9,13H,7H2,1-2H3;3-8,10H,9H2,1-2H3;3-6,8-9H,7H2,1-2H3;4*5H,4H2,1-3H3. The molecule has 0 atom stereocenters. The fraction of sp³-hybridized carbons (Fsp3) is 0.523. The molecule has 0 saturated carbocycles. The van der Waals surface area contributed by atoms with E-state index < -0.39 is 0 Å². The minimum atomic E-state index is 0.580. The predicted molar refractivity (Wildman–Crippen MR) is 633 cm³/mol. The second kappa shape index (κ2) is 65.4. The highest BCUT2D eigenvalue weighted by Crippen LogP contribution is 2.32. The Morgan fingerprint density at radius 1 is 0.277 bits per heavy atom. The van der Waals surface area contributed by atoms with Crippen LogP contribution in [0, 0.1) is 94.7 Å². The summed E-state index contributed by atoms with van der Waals surface area (Å²) in [5.74, 6) is 13.5. The quantitative estimate of drug-likeness (QED) is 0.0525. The van der Waals surface area contributed by atoms with Crippen molar-refractivity contribution in [2.24, 2.45) is 94.7 Å². The normalized spacial score (nSPS) is 11.3. The van der Waals surface area contributed by atoms with Gasteiger partial charge in [-0.15, -0.1) is 34.0 Å². The minimum Gasteiger partial charge on any atom is -0.441 e. The zero-order valence-corrected chi connectivity index (χ0v) is 97.5. The van der Waals surface area contributed by atoms with Crippen molar-refractivity contribution in [3.8, 4) is 0 Å². The fourth-order valence-corrected chi connectivity index (χ4v) is 18.8. The molecule has 0 bridgehead atoms. The van der Waals surface area contributed by atoms with Crippen LogP contribution in [0.5, 0.6) is 0 Å². The molecule has 0 aliphatic carbocycles. The molecular formula is C130H192N6O2S3. The van der Waals surface area contributed by atoms with Crippen LogP contribution in [0.1, 0.15) is 335 Å². The molecule has 0 fully saturated rings. The number of hydrogen-bond acceptors (Lipinski definition) is 9. The van der Waals surface area contributed by atoms with Crippen molar-refractivity contribution < 1.29 is 8.83 Å². The molecule has 7 heterocycles. The number of rotatable bonds is 28. The number of oxazole rings is 2. The molecule has 16 aromatic rings. The summed E-state index contributed by atoms with van der Waals surface area (Å²) in [5.41, 5.74) is 17.2. The third-order valence-corrected chi connectivity index (χ3v) is 26.5. The number of benzene rings is 9. The molecule has 8 nitrogen and oxygen atoms in total. The Morgan fingerprint density at radius 3 is 1.16 bits per heavy atom. The number of hydrogen-bond donors (Lipinski definition) is 1. The van der Waals surface area contributed by atoms with E-state index >= 15 is 0 Å². The van der Waals surface area contributed by atoms with Gasteiger partial charge in [-0.2, -0.15) is 0 Å². The molecule has 11 heteroatoms. The van der Waals surface area contributed by atoms with E-state index in [-0.39, 0.29) is 0 Å². The summed E-state index contributed by atoms with van der Waals surface area (Å²) in [4.78, 5) is 23.3. The lowest BCUT2D eigenvalue weighted by Gasteiger charge is -2.07. The minimum absolute atomic E-state index is 0.580. The highest BCUT2D eigenvalue weighted by atomic mass is 32.1. The summed E-state index contributed by atoms with van der Waals surface area (Å²) in [6.45, 7) is 81.4. The van der Waals surface area contributed by atoms with E-state index in [1.807, 2.05) is 46.1 Å².